The van der Waals surface area contributed by atoms with Crippen molar-refractivity contribution in [2.24, 2.45) is 10.2 Å². The van der Waals surface area contributed by atoms with Gasteiger partial charge in [0.05, 0.1) is 32.3 Å². The van der Waals surface area contributed by atoms with Crippen molar-refractivity contribution in [2.75, 3.05) is 15.4 Å². The first kappa shape index (κ1) is 41.9. The molecule has 8 rings (SSSR count). The highest BCUT2D eigenvalue weighted by molar-refractivity contribution is 14.1. The fourth-order valence-electron chi connectivity index (χ4n) is 5.54. The average molecular weight is 1020 g/mol. The summed E-state index contributed by atoms with van der Waals surface area (Å²) in [5.41, 5.74) is 10.8. The number of nitrogens with two attached hydrogens (primary N) is 1. The van der Waals surface area contributed by atoms with Crippen LogP contribution in [0.25, 0.3) is 0 Å². The standard InChI is InChI=1S/2C19H14IN5O2.2ClH/c20-15-6-8-16(9-7-15)23-19(14-4-2-1-3-5-14)21-24(22-23)17-10-12-18(13-11-17)25(26)27;20-15-6-8-16(9-7-15)23-21-19(14-4-2-1-3-5-14)22-24(23)17-10-12-18(13-11-17)25(26)27;;/h1-13,22H;1-13H,(H,21,22);2*1H. The molecule has 0 aromatic heterocycles. The van der Waals surface area contributed by atoms with Crippen LogP contribution in [0.15, 0.2) is 168 Å². The minimum absolute atomic E-state index is 0. The zero-order chi connectivity index (χ0) is 37.6. The van der Waals surface area contributed by atoms with Gasteiger partial charge in [0.15, 0.2) is 5.69 Å². The first-order chi connectivity index (χ1) is 26.2. The maximum absolute atomic E-state index is 10.9. The molecule has 4 N–H and O–H groups in total. The number of non-ortho nitro benzene ring substituents is 2. The third-order valence-corrected chi connectivity index (χ3v) is 9.68. The van der Waals surface area contributed by atoms with Gasteiger partial charge in [-0.15, -0.1) is 15.4 Å². The Hall–Kier alpha value is -5.22. The summed E-state index contributed by atoms with van der Waals surface area (Å²) in [6.07, 6.45) is 0. The van der Waals surface area contributed by atoms with Crippen LogP contribution >= 0.6 is 45.2 Å². The van der Waals surface area contributed by atoms with Crippen molar-refractivity contribution in [1.29, 1.82) is 0 Å². The highest BCUT2D eigenvalue weighted by Gasteiger charge is 2.33. The number of anilines is 3. The number of benzene rings is 6. The van der Waals surface area contributed by atoms with Crippen LogP contribution in [-0.2, 0) is 0 Å². The van der Waals surface area contributed by atoms with Crippen molar-refractivity contribution < 1.29 is 45.1 Å². The number of nitro benzene ring substituents is 2. The normalized spacial score (nSPS) is 14.4. The molecule has 18 heteroatoms. The van der Waals surface area contributed by atoms with Gasteiger partial charge in [-0.3, -0.25) is 20.2 Å². The van der Waals surface area contributed by atoms with Crippen molar-refractivity contribution in [3.05, 3.63) is 196 Å². The van der Waals surface area contributed by atoms with Crippen LogP contribution in [0.4, 0.5) is 34.1 Å². The van der Waals surface area contributed by atoms with E-state index in [-0.39, 0.29) is 36.2 Å². The molecule has 0 amide bonds. The number of amidine groups is 2. The van der Waals surface area contributed by atoms with Crippen LogP contribution in [0.5, 0.6) is 0 Å². The van der Waals surface area contributed by atoms with Crippen LogP contribution in [0.1, 0.15) is 11.1 Å². The zero-order valence-electron chi connectivity index (χ0n) is 28.9. The Morgan fingerprint density at radius 1 is 0.571 bits per heavy atom. The second-order valence-electron chi connectivity index (χ2n) is 11.8. The highest BCUT2D eigenvalue weighted by atomic mass is 127. The van der Waals surface area contributed by atoms with Gasteiger partial charge in [0.2, 0.25) is 0 Å². The van der Waals surface area contributed by atoms with E-state index >= 15 is 0 Å². The van der Waals surface area contributed by atoms with Gasteiger partial charge in [0.1, 0.15) is 5.69 Å². The number of hydrazone groups is 2. The Morgan fingerprint density at radius 2 is 1.04 bits per heavy atom. The number of hydrogen-bond acceptors (Lipinski definition) is 10. The molecule has 0 aliphatic carbocycles. The number of quaternary nitrogens is 2. The van der Waals surface area contributed by atoms with E-state index in [4.69, 9.17) is 10.2 Å². The van der Waals surface area contributed by atoms with Crippen LogP contribution < -0.4 is 56.1 Å². The maximum Gasteiger partial charge on any atom is 0.278 e. The molecule has 2 heterocycles. The van der Waals surface area contributed by atoms with Crippen LogP contribution in [0.2, 0.25) is 0 Å². The molecule has 0 saturated carbocycles. The molecule has 14 nitrogen and oxygen atoms in total. The topological polar surface area (TPSA) is 154 Å². The summed E-state index contributed by atoms with van der Waals surface area (Å²) in [5.74, 6) is 1.63. The fourth-order valence-corrected chi connectivity index (χ4v) is 6.26. The summed E-state index contributed by atoms with van der Waals surface area (Å²) < 4.78 is 2.29. The molecule has 6 aromatic rings. The Labute approximate surface area is 360 Å². The number of rotatable bonds is 8. The van der Waals surface area contributed by atoms with Crippen molar-refractivity contribution >= 4 is 91.0 Å². The molecular weight excluding hydrogens is 985 g/mol. The Kier molecular flexibility index (Phi) is 14.3. The molecule has 0 saturated heterocycles. The predicted octanol–water partition coefficient (Wildman–Crippen LogP) is 0.307. The van der Waals surface area contributed by atoms with Gasteiger partial charge < -0.3 is 24.8 Å². The number of nitrogens with one attached hydrogen (secondary N) is 2. The monoisotopic (exact) mass is 1010 g/mol. The second-order valence-corrected chi connectivity index (χ2v) is 14.2. The van der Waals surface area contributed by atoms with Gasteiger partial charge in [-0.1, -0.05) is 46.6 Å². The molecule has 0 fully saturated rings. The van der Waals surface area contributed by atoms with Crippen LogP contribution in [-0.4, -0.2) is 21.5 Å². The van der Waals surface area contributed by atoms with Gasteiger partial charge in [0, 0.05) is 43.5 Å². The number of nitro groups is 2. The van der Waals surface area contributed by atoms with E-state index in [1.54, 1.807) is 34.5 Å². The molecule has 56 heavy (non-hydrogen) atoms. The third-order valence-electron chi connectivity index (χ3n) is 8.24. The number of hydrogen-bond donors (Lipinski definition) is 3. The Morgan fingerprint density at radius 3 is 1.55 bits per heavy atom. The SMILES string of the molecule is O=[N+]([O-])c1ccc(N2N=C(c3ccccc3)[NH+](c3ccc(I)cc3)N2)cc1.O=[N+]([O-])c1ccc(N2N=C(c3ccccc3)[NH2+]N2c2ccc(I)cc2)cc1.[Cl-].[Cl-]. The summed E-state index contributed by atoms with van der Waals surface area (Å²) in [7, 11) is 0. The first-order valence-corrected chi connectivity index (χ1v) is 18.6. The zero-order valence-corrected chi connectivity index (χ0v) is 34.7. The number of nitrogens with zero attached hydrogens (tertiary/aromatic N) is 7. The lowest BCUT2D eigenvalue weighted by Gasteiger charge is -2.23. The predicted molar refractivity (Wildman–Crippen MR) is 224 cm³/mol. The average Bonchev–Trinajstić information content (AvgIpc) is 3.86. The van der Waals surface area contributed by atoms with Gasteiger partial charge in [0.25, 0.3) is 23.0 Å². The maximum atomic E-state index is 10.9. The summed E-state index contributed by atoms with van der Waals surface area (Å²) in [5, 5.41) is 37.5. The van der Waals surface area contributed by atoms with Gasteiger partial charge in [-0.25, -0.2) is 0 Å². The molecule has 0 bridgehead atoms. The summed E-state index contributed by atoms with van der Waals surface area (Å²) >= 11 is 4.54. The molecule has 0 radical (unpaired) electrons. The van der Waals surface area contributed by atoms with E-state index in [0.717, 1.165) is 57.7 Å². The molecule has 2 aliphatic rings. The van der Waals surface area contributed by atoms with Crippen LogP contribution in [0.3, 0.4) is 0 Å². The summed E-state index contributed by atoms with van der Waals surface area (Å²) in [4.78, 5) is 21.0. The van der Waals surface area contributed by atoms with Crippen molar-refractivity contribution in [2.45, 2.75) is 0 Å². The van der Waals surface area contributed by atoms with Gasteiger partial charge >= 0.3 is 0 Å². The van der Waals surface area contributed by atoms with E-state index in [1.165, 1.54) is 24.3 Å². The van der Waals surface area contributed by atoms with E-state index in [2.05, 4.69) is 50.7 Å². The van der Waals surface area contributed by atoms with Crippen molar-refractivity contribution in [3.8, 4) is 0 Å². The van der Waals surface area contributed by atoms with Gasteiger partial charge in [-0.2, -0.15) is 10.4 Å². The Bertz CT molecular complexity index is 2330. The minimum atomic E-state index is -0.414. The lowest BCUT2D eigenvalue weighted by Crippen LogP contribution is -3.15. The highest BCUT2D eigenvalue weighted by Crippen LogP contribution is 2.26. The molecule has 6 aromatic carbocycles. The van der Waals surface area contributed by atoms with E-state index in [9.17, 15) is 20.2 Å². The lowest BCUT2D eigenvalue weighted by atomic mass is 10.2. The lowest BCUT2D eigenvalue weighted by molar-refractivity contribution is -0.779. The summed E-state index contributed by atoms with van der Waals surface area (Å²) in [6, 6.07) is 48.7. The first-order valence-electron chi connectivity index (χ1n) is 16.4. The molecule has 1 unspecified atom stereocenters. The third kappa shape index (κ3) is 9.77. The molecule has 0 spiro atoms. The van der Waals surface area contributed by atoms with E-state index in [1.807, 2.05) is 120 Å². The smallest absolute Gasteiger partial charge is 0.278 e. The fraction of sp³-hybridized carbons (Fsp3) is 0. The summed E-state index contributed by atoms with van der Waals surface area (Å²) in [6.45, 7) is 0. The molecule has 284 valence electrons. The molecule has 2 aliphatic heterocycles. The van der Waals surface area contributed by atoms with Crippen LogP contribution in [0, 0.1) is 27.4 Å². The quantitative estimate of drug-likeness (QED) is 0.0854. The second kappa shape index (κ2) is 19.1. The number of hydrazine groups is 2. The minimum Gasteiger partial charge on any atom is -1.00 e. The number of halogens is 4. The molecule has 1 atom stereocenters. The largest absolute Gasteiger partial charge is 1.00 e. The van der Waals surface area contributed by atoms with E-state index < -0.39 is 9.85 Å². The molecular formula is C38H30Cl2I2N10O4. The Balaban J connectivity index is 0.000000207. The van der Waals surface area contributed by atoms with Crippen molar-refractivity contribution in [1.82, 2.24) is 5.53 Å². The van der Waals surface area contributed by atoms with Crippen molar-refractivity contribution in [3.63, 3.8) is 0 Å². The van der Waals surface area contributed by atoms with Gasteiger partial charge in [-0.05, 0) is 136 Å². The van der Waals surface area contributed by atoms with E-state index in [0.29, 0.717) is 0 Å².